The van der Waals surface area contributed by atoms with Crippen molar-refractivity contribution >= 4 is 17.5 Å². The summed E-state index contributed by atoms with van der Waals surface area (Å²) in [6.07, 6.45) is 2.76. The van der Waals surface area contributed by atoms with Gasteiger partial charge in [-0.2, -0.15) is 0 Å². The largest absolute Gasteiger partial charge is 0.484 e. The van der Waals surface area contributed by atoms with Gasteiger partial charge < -0.3 is 4.74 Å². The molecular weight excluding hydrogens is 256 g/mol. The van der Waals surface area contributed by atoms with Crippen molar-refractivity contribution in [2.45, 2.75) is 6.92 Å². The lowest BCUT2D eigenvalue weighted by Crippen LogP contribution is -2.27. The number of ether oxygens (including phenoxy) is 1. The zero-order chi connectivity index (χ0) is 13.0. The minimum absolute atomic E-state index is 0.0980. The summed E-state index contributed by atoms with van der Waals surface area (Å²) in [4.78, 5) is 11.5. The van der Waals surface area contributed by atoms with E-state index in [0.717, 1.165) is 5.56 Å². The Kier molecular flexibility index (Phi) is 3.78. The smallest absolute Gasteiger partial charge is 0.276 e. The Labute approximate surface area is 109 Å². The van der Waals surface area contributed by atoms with Gasteiger partial charge in [-0.3, -0.25) is 10.2 Å². The SMILES string of the molecule is Cc1cc(OCC(=O)Nn2cnnc2)ccc1Cl. The van der Waals surface area contributed by atoms with Crippen molar-refractivity contribution in [2.75, 3.05) is 12.0 Å². The average molecular weight is 267 g/mol. The van der Waals surface area contributed by atoms with Crippen molar-refractivity contribution in [1.82, 2.24) is 14.9 Å². The van der Waals surface area contributed by atoms with E-state index in [0.29, 0.717) is 10.8 Å². The van der Waals surface area contributed by atoms with E-state index < -0.39 is 0 Å². The van der Waals surface area contributed by atoms with Crippen LogP contribution in [0.25, 0.3) is 0 Å². The number of carbonyl (C=O) groups excluding carboxylic acids is 1. The summed E-state index contributed by atoms with van der Waals surface area (Å²) in [7, 11) is 0. The summed E-state index contributed by atoms with van der Waals surface area (Å²) in [5.74, 6) is 0.290. The highest BCUT2D eigenvalue weighted by atomic mass is 35.5. The van der Waals surface area contributed by atoms with Crippen molar-refractivity contribution in [1.29, 1.82) is 0 Å². The van der Waals surface area contributed by atoms with Crippen molar-refractivity contribution in [3.05, 3.63) is 41.4 Å². The molecule has 1 N–H and O–H groups in total. The third-order valence-electron chi connectivity index (χ3n) is 2.17. The number of halogens is 1. The van der Waals surface area contributed by atoms with Crippen LogP contribution in [0.1, 0.15) is 5.56 Å². The van der Waals surface area contributed by atoms with Crippen LogP contribution < -0.4 is 10.2 Å². The van der Waals surface area contributed by atoms with Crippen LogP contribution in [0.4, 0.5) is 0 Å². The van der Waals surface area contributed by atoms with Crippen LogP contribution in [0, 0.1) is 6.92 Å². The summed E-state index contributed by atoms with van der Waals surface area (Å²) in [5.41, 5.74) is 3.42. The Balaban J connectivity index is 1.87. The van der Waals surface area contributed by atoms with Crippen molar-refractivity contribution in [3.63, 3.8) is 0 Å². The van der Waals surface area contributed by atoms with Crippen LogP contribution in [0.3, 0.4) is 0 Å². The highest BCUT2D eigenvalue weighted by molar-refractivity contribution is 6.31. The van der Waals surface area contributed by atoms with Gasteiger partial charge in [0.25, 0.3) is 5.91 Å². The Morgan fingerprint density at radius 3 is 2.83 bits per heavy atom. The van der Waals surface area contributed by atoms with Crippen molar-refractivity contribution in [2.24, 2.45) is 0 Å². The first-order valence-electron chi connectivity index (χ1n) is 5.18. The molecule has 2 aromatic rings. The third-order valence-corrected chi connectivity index (χ3v) is 2.60. The molecule has 0 aliphatic heterocycles. The fraction of sp³-hybridized carbons (Fsp3) is 0.182. The Hall–Kier alpha value is -2.08. The standard InChI is InChI=1S/C11H11ClN4O2/c1-8-4-9(2-3-10(8)12)18-5-11(17)15-16-6-13-14-7-16/h2-4,6-7H,5H2,1H3,(H,15,17). The van der Waals surface area contributed by atoms with Gasteiger partial charge in [-0.15, -0.1) is 10.2 Å². The topological polar surface area (TPSA) is 69.0 Å². The molecule has 0 atom stereocenters. The molecule has 1 heterocycles. The second kappa shape index (κ2) is 5.50. The molecular formula is C11H11ClN4O2. The molecule has 0 bridgehead atoms. The molecule has 1 aromatic carbocycles. The van der Waals surface area contributed by atoms with Crippen LogP contribution in [0.5, 0.6) is 5.75 Å². The number of amides is 1. The molecule has 0 spiro atoms. The lowest BCUT2D eigenvalue weighted by molar-refractivity contribution is -0.119. The predicted molar refractivity (Wildman–Crippen MR) is 66.1 cm³/mol. The van der Waals surface area contributed by atoms with Gasteiger partial charge in [0.15, 0.2) is 6.61 Å². The third kappa shape index (κ3) is 3.21. The van der Waals surface area contributed by atoms with Crippen molar-refractivity contribution in [3.8, 4) is 5.75 Å². The molecule has 18 heavy (non-hydrogen) atoms. The average Bonchev–Trinajstić information content (AvgIpc) is 2.83. The summed E-state index contributed by atoms with van der Waals surface area (Å²) in [6, 6.07) is 5.21. The van der Waals surface area contributed by atoms with Crippen LogP contribution >= 0.6 is 11.6 Å². The maximum absolute atomic E-state index is 11.5. The van der Waals surface area contributed by atoms with Gasteiger partial charge in [-0.25, -0.2) is 4.68 Å². The van der Waals surface area contributed by atoms with E-state index in [2.05, 4.69) is 15.6 Å². The quantitative estimate of drug-likeness (QED) is 0.908. The van der Waals surface area contributed by atoms with Crippen LogP contribution in [0.2, 0.25) is 5.02 Å². The molecule has 0 saturated heterocycles. The molecule has 0 unspecified atom stereocenters. The Morgan fingerprint density at radius 2 is 2.17 bits per heavy atom. The first kappa shape index (κ1) is 12.4. The molecule has 0 aliphatic carbocycles. The maximum atomic E-state index is 11.5. The highest BCUT2D eigenvalue weighted by Crippen LogP contribution is 2.20. The second-order valence-corrected chi connectivity index (χ2v) is 4.01. The van der Waals surface area contributed by atoms with E-state index in [1.54, 1.807) is 18.2 Å². The summed E-state index contributed by atoms with van der Waals surface area (Å²) >= 11 is 5.89. The number of nitrogens with zero attached hydrogens (tertiary/aromatic N) is 3. The fourth-order valence-electron chi connectivity index (χ4n) is 1.29. The predicted octanol–water partition coefficient (Wildman–Crippen LogP) is 1.39. The zero-order valence-corrected chi connectivity index (χ0v) is 10.4. The number of benzene rings is 1. The first-order valence-corrected chi connectivity index (χ1v) is 5.56. The minimum Gasteiger partial charge on any atom is -0.484 e. The lowest BCUT2D eigenvalue weighted by atomic mass is 10.2. The molecule has 0 fully saturated rings. The Bertz CT molecular complexity index is 542. The number of carbonyl (C=O) groups is 1. The second-order valence-electron chi connectivity index (χ2n) is 3.60. The van der Waals surface area contributed by atoms with Gasteiger partial charge in [-0.05, 0) is 30.7 Å². The number of hydrogen-bond acceptors (Lipinski definition) is 4. The van der Waals surface area contributed by atoms with E-state index in [1.165, 1.54) is 17.3 Å². The molecule has 6 nitrogen and oxygen atoms in total. The lowest BCUT2D eigenvalue weighted by Gasteiger charge is -2.08. The van der Waals surface area contributed by atoms with Gasteiger partial charge in [0.05, 0.1) is 0 Å². The summed E-state index contributed by atoms with van der Waals surface area (Å²) < 4.78 is 6.67. The number of hydrogen-bond donors (Lipinski definition) is 1. The molecule has 1 amide bonds. The number of rotatable bonds is 4. The van der Waals surface area contributed by atoms with Gasteiger partial charge in [0.1, 0.15) is 18.4 Å². The van der Waals surface area contributed by atoms with Crippen LogP contribution in [-0.2, 0) is 4.79 Å². The van der Waals surface area contributed by atoms with Crippen LogP contribution in [-0.4, -0.2) is 27.4 Å². The van der Waals surface area contributed by atoms with Gasteiger partial charge in [-0.1, -0.05) is 11.6 Å². The van der Waals surface area contributed by atoms with E-state index >= 15 is 0 Å². The number of nitrogens with one attached hydrogen (secondary N) is 1. The number of aromatic nitrogens is 3. The van der Waals surface area contributed by atoms with E-state index in [-0.39, 0.29) is 12.5 Å². The first-order chi connectivity index (χ1) is 8.65. The molecule has 94 valence electrons. The molecule has 0 radical (unpaired) electrons. The van der Waals surface area contributed by atoms with E-state index in [9.17, 15) is 4.79 Å². The van der Waals surface area contributed by atoms with Gasteiger partial charge >= 0.3 is 0 Å². The molecule has 0 aliphatic rings. The normalized spacial score (nSPS) is 10.1. The molecule has 7 heteroatoms. The van der Waals surface area contributed by atoms with Crippen LogP contribution in [0.15, 0.2) is 30.9 Å². The highest BCUT2D eigenvalue weighted by Gasteiger charge is 2.04. The zero-order valence-electron chi connectivity index (χ0n) is 9.63. The molecule has 1 aromatic heterocycles. The maximum Gasteiger partial charge on any atom is 0.276 e. The van der Waals surface area contributed by atoms with E-state index in [1.807, 2.05) is 6.92 Å². The monoisotopic (exact) mass is 266 g/mol. The molecule has 0 saturated carbocycles. The van der Waals surface area contributed by atoms with Crippen molar-refractivity contribution < 1.29 is 9.53 Å². The minimum atomic E-state index is -0.303. The van der Waals surface area contributed by atoms with Gasteiger partial charge in [0.2, 0.25) is 0 Å². The van der Waals surface area contributed by atoms with E-state index in [4.69, 9.17) is 16.3 Å². The molecule has 2 rings (SSSR count). The summed E-state index contributed by atoms with van der Waals surface area (Å²) in [5, 5.41) is 7.78. The fourth-order valence-corrected chi connectivity index (χ4v) is 1.41. The Morgan fingerprint density at radius 1 is 1.44 bits per heavy atom. The van der Waals surface area contributed by atoms with Gasteiger partial charge in [0, 0.05) is 5.02 Å². The summed E-state index contributed by atoms with van der Waals surface area (Å²) in [6.45, 7) is 1.77. The number of aryl methyl sites for hydroxylation is 1.